The highest BCUT2D eigenvalue weighted by Crippen LogP contribution is 2.32. The molecule has 2 aliphatic rings. The minimum atomic E-state index is -0.559. The van der Waals surface area contributed by atoms with Gasteiger partial charge in [-0.1, -0.05) is 28.1 Å². The Labute approximate surface area is 162 Å². The first-order valence-electron chi connectivity index (χ1n) is 8.64. The Morgan fingerprint density at radius 2 is 2.04 bits per heavy atom. The lowest BCUT2D eigenvalue weighted by molar-refractivity contribution is 0.0264. The molecule has 1 fully saturated rings. The molecule has 1 aromatic rings. The number of halogens is 1. The number of hydrogen-bond donors (Lipinski definition) is 0. The van der Waals surface area contributed by atoms with Gasteiger partial charge in [0.05, 0.1) is 19.0 Å². The molecule has 5 nitrogen and oxygen atoms in total. The summed E-state index contributed by atoms with van der Waals surface area (Å²) >= 11 is 3.45. The van der Waals surface area contributed by atoms with E-state index in [1.807, 2.05) is 39.1 Å². The van der Waals surface area contributed by atoms with Gasteiger partial charge in [0.2, 0.25) is 6.04 Å². The third-order valence-corrected chi connectivity index (χ3v) is 4.98. The van der Waals surface area contributed by atoms with E-state index in [0.717, 1.165) is 21.3 Å². The number of allylic oxidation sites excluding steroid dienone is 1. The monoisotopic (exact) mass is 415 g/mol. The van der Waals surface area contributed by atoms with E-state index in [1.54, 1.807) is 4.90 Å². The lowest BCUT2D eigenvalue weighted by atomic mass is 9.98. The number of aliphatic imine (C=N–C) groups is 1. The van der Waals surface area contributed by atoms with E-state index in [4.69, 9.17) is 11.3 Å². The van der Waals surface area contributed by atoms with Crippen LogP contribution in [0.3, 0.4) is 0 Å². The fourth-order valence-corrected chi connectivity index (χ4v) is 3.50. The Morgan fingerprint density at radius 1 is 1.35 bits per heavy atom. The maximum Gasteiger partial charge on any atom is 0.411 e. The first-order valence-corrected chi connectivity index (χ1v) is 9.44. The summed E-state index contributed by atoms with van der Waals surface area (Å²) in [4.78, 5) is 22.5. The molecule has 1 aromatic carbocycles. The molecule has 0 aromatic heterocycles. The number of carbonyl (C=O) groups excluding carboxylic acids is 1. The van der Waals surface area contributed by atoms with Crippen molar-refractivity contribution in [2.24, 2.45) is 4.99 Å². The Balaban J connectivity index is 1.74. The van der Waals surface area contributed by atoms with Gasteiger partial charge in [0.1, 0.15) is 5.60 Å². The van der Waals surface area contributed by atoms with Gasteiger partial charge in [-0.2, -0.15) is 0 Å². The van der Waals surface area contributed by atoms with Crippen LogP contribution < -0.4 is 0 Å². The molecule has 2 atom stereocenters. The smallest absolute Gasteiger partial charge is 0.411 e. The molecule has 26 heavy (non-hydrogen) atoms. The number of ether oxygens (including phenoxy) is 1. The summed E-state index contributed by atoms with van der Waals surface area (Å²) in [6.45, 7) is 13.3. The van der Waals surface area contributed by atoms with E-state index < -0.39 is 5.60 Å². The predicted molar refractivity (Wildman–Crippen MR) is 106 cm³/mol. The molecule has 0 spiro atoms. The van der Waals surface area contributed by atoms with Gasteiger partial charge in [-0.15, -0.1) is 0 Å². The summed E-state index contributed by atoms with van der Waals surface area (Å²) in [5, 5.41) is 0. The van der Waals surface area contributed by atoms with Gasteiger partial charge in [0, 0.05) is 22.8 Å². The summed E-state index contributed by atoms with van der Waals surface area (Å²) in [5.41, 5.74) is 2.62. The van der Waals surface area contributed by atoms with Crippen molar-refractivity contribution in [3.05, 3.63) is 51.9 Å². The Kier molecular flexibility index (Phi) is 5.19. The molecule has 6 heteroatoms. The van der Waals surface area contributed by atoms with Crippen LogP contribution >= 0.6 is 15.9 Å². The number of likely N-dealkylation sites (tertiary alicyclic amines) is 1. The summed E-state index contributed by atoms with van der Waals surface area (Å²) < 4.78 is 6.57. The van der Waals surface area contributed by atoms with Crippen LogP contribution in [0.25, 0.3) is 10.4 Å². The van der Waals surface area contributed by atoms with Crippen LogP contribution in [-0.4, -0.2) is 40.9 Å². The van der Waals surface area contributed by atoms with E-state index in [0.29, 0.717) is 19.4 Å². The van der Waals surface area contributed by atoms with Crippen LogP contribution in [0.2, 0.25) is 0 Å². The van der Waals surface area contributed by atoms with Gasteiger partial charge < -0.3 is 9.58 Å². The molecule has 0 aliphatic carbocycles. The summed E-state index contributed by atoms with van der Waals surface area (Å²) in [7, 11) is 0. The van der Waals surface area contributed by atoms with Crippen LogP contribution in [0.5, 0.6) is 0 Å². The second-order valence-corrected chi connectivity index (χ2v) is 8.54. The zero-order valence-electron chi connectivity index (χ0n) is 15.2. The zero-order chi connectivity index (χ0) is 18.9. The molecule has 0 saturated carbocycles. The standard InChI is InChI=1S/C20H22BrN3O2/c1-20(2,3)26-19(25)24-12-16(22-4)10-18(24)17-9-14(11-23-17)13-5-7-15(21)8-6-13/h5-8,11,16,18H,9-10,12H2,1-3H3/t16-,18+/m1/s1. The fraction of sp³-hybridized carbons (Fsp3) is 0.450. The normalized spacial score (nSPS) is 22.7. The average molecular weight is 416 g/mol. The van der Waals surface area contributed by atoms with Crippen molar-refractivity contribution in [2.75, 3.05) is 6.54 Å². The predicted octanol–water partition coefficient (Wildman–Crippen LogP) is 4.93. The lowest BCUT2D eigenvalue weighted by Gasteiger charge is -2.28. The van der Waals surface area contributed by atoms with Gasteiger partial charge >= 0.3 is 6.09 Å². The maximum absolute atomic E-state index is 12.6. The molecule has 0 unspecified atom stereocenters. The molecule has 2 heterocycles. The molecule has 2 aliphatic heterocycles. The SMILES string of the molecule is [C-]#[N+][C@@H]1C[C@@H](C2=NC=C(c3ccc(Br)cc3)C2)N(C(=O)OC(C)(C)C)C1. The van der Waals surface area contributed by atoms with Crippen molar-refractivity contribution in [1.29, 1.82) is 0 Å². The Hall–Kier alpha value is -2.13. The number of amides is 1. The number of nitrogens with zero attached hydrogens (tertiary/aromatic N) is 3. The molecular weight excluding hydrogens is 394 g/mol. The zero-order valence-corrected chi connectivity index (χ0v) is 16.8. The van der Waals surface area contributed by atoms with E-state index in [-0.39, 0.29) is 18.2 Å². The van der Waals surface area contributed by atoms with Gasteiger partial charge in [-0.25, -0.2) is 11.4 Å². The second-order valence-electron chi connectivity index (χ2n) is 7.63. The molecule has 136 valence electrons. The van der Waals surface area contributed by atoms with Crippen molar-refractivity contribution >= 4 is 33.3 Å². The quantitative estimate of drug-likeness (QED) is 0.642. The number of carbonyl (C=O) groups is 1. The van der Waals surface area contributed by atoms with Crippen molar-refractivity contribution < 1.29 is 9.53 Å². The van der Waals surface area contributed by atoms with E-state index in [2.05, 4.69) is 37.9 Å². The molecule has 0 radical (unpaired) electrons. The molecule has 0 bridgehead atoms. The molecular formula is C20H22BrN3O2. The molecule has 1 amide bonds. The van der Waals surface area contributed by atoms with Crippen molar-refractivity contribution in [2.45, 2.75) is 51.3 Å². The highest BCUT2D eigenvalue weighted by molar-refractivity contribution is 9.10. The minimum Gasteiger partial charge on any atom is -0.444 e. The topological polar surface area (TPSA) is 46.3 Å². The van der Waals surface area contributed by atoms with Gasteiger partial charge in [-0.05, 0) is 44.0 Å². The maximum atomic E-state index is 12.6. The third-order valence-electron chi connectivity index (χ3n) is 4.45. The Bertz CT molecular complexity index is 800. The molecule has 1 saturated heterocycles. The van der Waals surface area contributed by atoms with Crippen LogP contribution in [0.4, 0.5) is 4.79 Å². The Morgan fingerprint density at radius 3 is 2.65 bits per heavy atom. The number of benzene rings is 1. The summed E-state index contributed by atoms with van der Waals surface area (Å²) in [5.74, 6) is 0. The van der Waals surface area contributed by atoms with Crippen molar-refractivity contribution in [3.63, 3.8) is 0 Å². The van der Waals surface area contributed by atoms with E-state index >= 15 is 0 Å². The van der Waals surface area contributed by atoms with Gasteiger partial charge in [-0.3, -0.25) is 9.89 Å². The minimum absolute atomic E-state index is 0.173. The van der Waals surface area contributed by atoms with E-state index in [9.17, 15) is 4.79 Å². The van der Waals surface area contributed by atoms with Crippen molar-refractivity contribution in [3.8, 4) is 0 Å². The largest absolute Gasteiger partial charge is 0.444 e. The lowest BCUT2D eigenvalue weighted by Crippen LogP contribution is -2.43. The van der Waals surface area contributed by atoms with Crippen LogP contribution in [0.1, 0.15) is 39.2 Å². The van der Waals surface area contributed by atoms with Gasteiger partial charge in [0.15, 0.2) is 0 Å². The summed E-state index contributed by atoms with van der Waals surface area (Å²) in [6, 6.07) is 7.74. The highest BCUT2D eigenvalue weighted by Gasteiger charge is 2.43. The van der Waals surface area contributed by atoms with Gasteiger partial charge in [0.25, 0.3) is 0 Å². The van der Waals surface area contributed by atoms with Crippen LogP contribution in [0, 0.1) is 6.57 Å². The highest BCUT2D eigenvalue weighted by atomic mass is 79.9. The summed E-state index contributed by atoms with van der Waals surface area (Å²) in [6.07, 6.45) is 2.81. The first-order chi connectivity index (χ1) is 12.3. The second kappa shape index (κ2) is 7.24. The van der Waals surface area contributed by atoms with Crippen molar-refractivity contribution in [1.82, 2.24) is 4.90 Å². The van der Waals surface area contributed by atoms with E-state index in [1.165, 1.54) is 0 Å². The molecule has 3 rings (SSSR count). The third kappa shape index (κ3) is 4.16. The number of hydrogen-bond acceptors (Lipinski definition) is 3. The van der Waals surface area contributed by atoms with Crippen LogP contribution in [0.15, 0.2) is 39.9 Å². The first kappa shape index (κ1) is 18.7. The molecule has 0 N–H and O–H groups in total. The fourth-order valence-electron chi connectivity index (χ4n) is 3.24. The number of rotatable bonds is 2. The van der Waals surface area contributed by atoms with Crippen LogP contribution in [-0.2, 0) is 4.74 Å². The average Bonchev–Trinajstić information content (AvgIpc) is 3.20.